The molecule has 1 aliphatic heterocycles. The Morgan fingerprint density at radius 2 is 1.80 bits per heavy atom. The lowest BCUT2D eigenvalue weighted by Crippen LogP contribution is -2.35. The molecule has 0 saturated carbocycles. The van der Waals surface area contributed by atoms with E-state index >= 15 is 0 Å². The molecule has 1 fully saturated rings. The van der Waals surface area contributed by atoms with E-state index in [9.17, 15) is 5.11 Å². The molecule has 4 aromatic rings. The van der Waals surface area contributed by atoms with E-state index < -0.39 is 0 Å². The van der Waals surface area contributed by atoms with Crippen molar-refractivity contribution in [2.45, 2.75) is 38.8 Å². The number of pyridine rings is 1. The molecule has 7 nitrogen and oxygen atoms in total. The van der Waals surface area contributed by atoms with Crippen molar-refractivity contribution in [3.8, 4) is 0 Å². The number of anilines is 3. The second kappa shape index (κ2) is 7.57. The van der Waals surface area contributed by atoms with Crippen LogP contribution in [0, 0.1) is 0 Å². The van der Waals surface area contributed by atoms with Crippen molar-refractivity contribution < 1.29 is 5.11 Å². The average molecular weight is 403 g/mol. The van der Waals surface area contributed by atoms with Gasteiger partial charge in [-0.25, -0.2) is 15.0 Å². The van der Waals surface area contributed by atoms with Crippen molar-refractivity contribution in [2.24, 2.45) is 0 Å². The quantitative estimate of drug-likeness (QED) is 0.531. The highest BCUT2D eigenvalue weighted by atomic mass is 16.3. The topological polar surface area (TPSA) is 79.1 Å². The number of benzene rings is 1. The summed E-state index contributed by atoms with van der Waals surface area (Å²) in [5.74, 6) is 1.24. The molecule has 2 N–H and O–H groups in total. The van der Waals surface area contributed by atoms with Gasteiger partial charge in [-0.1, -0.05) is 12.1 Å². The van der Waals surface area contributed by atoms with Crippen molar-refractivity contribution in [3.05, 3.63) is 48.9 Å². The Hall–Kier alpha value is -3.19. The maximum Gasteiger partial charge on any atom is 0.228 e. The van der Waals surface area contributed by atoms with Gasteiger partial charge in [0.2, 0.25) is 5.95 Å². The summed E-state index contributed by atoms with van der Waals surface area (Å²) < 4.78 is 2.25. The van der Waals surface area contributed by atoms with E-state index in [1.165, 1.54) is 5.39 Å². The zero-order chi connectivity index (χ0) is 20.7. The van der Waals surface area contributed by atoms with Gasteiger partial charge in [-0.05, 0) is 44.9 Å². The minimum Gasteiger partial charge on any atom is -0.393 e. The number of nitrogens with one attached hydrogen (secondary N) is 1. The highest BCUT2D eigenvalue weighted by Gasteiger charge is 2.17. The van der Waals surface area contributed by atoms with Gasteiger partial charge in [-0.15, -0.1) is 0 Å². The van der Waals surface area contributed by atoms with E-state index in [2.05, 4.69) is 69.1 Å². The van der Waals surface area contributed by atoms with Crippen molar-refractivity contribution >= 4 is 39.3 Å². The Balaban J connectivity index is 1.42. The molecule has 1 aromatic carbocycles. The van der Waals surface area contributed by atoms with Gasteiger partial charge in [-0.2, -0.15) is 0 Å². The molecule has 0 aliphatic carbocycles. The highest BCUT2D eigenvalue weighted by Crippen LogP contribution is 2.28. The molecule has 4 heterocycles. The van der Waals surface area contributed by atoms with E-state index in [-0.39, 0.29) is 6.10 Å². The third-order valence-corrected chi connectivity index (χ3v) is 5.80. The Bertz CT molecular complexity index is 1180. The molecule has 30 heavy (non-hydrogen) atoms. The third kappa shape index (κ3) is 3.45. The highest BCUT2D eigenvalue weighted by molar-refractivity contribution is 6.03. The summed E-state index contributed by atoms with van der Waals surface area (Å²) in [6.07, 6.45) is 7.26. The fourth-order valence-electron chi connectivity index (χ4n) is 4.12. The van der Waals surface area contributed by atoms with Gasteiger partial charge in [0.1, 0.15) is 11.3 Å². The van der Waals surface area contributed by atoms with E-state index in [0.29, 0.717) is 17.8 Å². The SMILES string of the molecule is CC(C)n1ccc2ccc3cnc(Nc4ccc(N5CCC(O)CC5)cn4)nc3c21. The molecular formula is C23H26N6O. The first-order valence-electron chi connectivity index (χ1n) is 10.5. The van der Waals surface area contributed by atoms with Gasteiger partial charge in [-0.3, -0.25) is 0 Å². The monoisotopic (exact) mass is 402 g/mol. The van der Waals surface area contributed by atoms with Gasteiger partial charge in [0.25, 0.3) is 0 Å². The number of aromatic nitrogens is 4. The number of aliphatic hydroxyl groups excluding tert-OH is 1. The second-order valence-electron chi connectivity index (χ2n) is 8.20. The maximum absolute atomic E-state index is 9.69. The second-order valence-corrected chi connectivity index (χ2v) is 8.20. The van der Waals surface area contributed by atoms with Crippen LogP contribution < -0.4 is 10.2 Å². The van der Waals surface area contributed by atoms with Crippen LogP contribution in [0.15, 0.2) is 48.9 Å². The average Bonchev–Trinajstić information content (AvgIpc) is 3.20. The van der Waals surface area contributed by atoms with Gasteiger partial charge < -0.3 is 19.9 Å². The lowest BCUT2D eigenvalue weighted by molar-refractivity contribution is 0.145. The molecule has 0 atom stereocenters. The minimum absolute atomic E-state index is 0.177. The maximum atomic E-state index is 9.69. The molecule has 1 saturated heterocycles. The van der Waals surface area contributed by atoms with Crippen LogP contribution in [0.5, 0.6) is 0 Å². The van der Waals surface area contributed by atoms with E-state index in [1.807, 2.05) is 18.5 Å². The molecule has 0 unspecified atom stereocenters. The first-order valence-corrected chi connectivity index (χ1v) is 10.5. The lowest BCUT2D eigenvalue weighted by atomic mass is 10.1. The molecule has 0 spiro atoms. The first-order chi connectivity index (χ1) is 14.6. The molecule has 0 radical (unpaired) electrons. The lowest BCUT2D eigenvalue weighted by Gasteiger charge is -2.31. The Morgan fingerprint density at radius 1 is 1.00 bits per heavy atom. The van der Waals surface area contributed by atoms with Crippen molar-refractivity contribution in [1.29, 1.82) is 0 Å². The van der Waals surface area contributed by atoms with Crippen LogP contribution in [-0.4, -0.2) is 43.8 Å². The Labute approximate surface area is 175 Å². The molecular weight excluding hydrogens is 376 g/mol. The summed E-state index contributed by atoms with van der Waals surface area (Å²) in [6, 6.07) is 10.7. The van der Waals surface area contributed by atoms with Crippen LogP contribution in [0.3, 0.4) is 0 Å². The molecule has 0 bridgehead atoms. The fourth-order valence-corrected chi connectivity index (χ4v) is 4.12. The number of hydrogen-bond donors (Lipinski definition) is 2. The zero-order valence-electron chi connectivity index (χ0n) is 17.3. The molecule has 7 heteroatoms. The number of aliphatic hydroxyl groups is 1. The van der Waals surface area contributed by atoms with Gasteiger partial charge in [0.05, 0.1) is 23.5 Å². The molecule has 1 aliphatic rings. The normalized spacial score (nSPS) is 15.4. The van der Waals surface area contributed by atoms with Crippen LogP contribution in [0.25, 0.3) is 21.8 Å². The molecule has 154 valence electrons. The van der Waals surface area contributed by atoms with Gasteiger partial charge in [0.15, 0.2) is 0 Å². The van der Waals surface area contributed by atoms with Gasteiger partial charge in [0, 0.05) is 42.3 Å². The van der Waals surface area contributed by atoms with Gasteiger partial charge >= 0.3 is 0 Å². The third-order valence-electron chi connectivity index (χ3n) is 5.80. The van der Waals surface area contributed by atoms with E-state index in [1.54, 1.807) is 0 Å². The number of nitrogens with zero attached hydrogens (tertiary/aromatic N) is 5. The van der Waals surface area contributed by atoms with Crippen LogP contribution in [0.2, 0.25) is 0 Å². The fraction of sp³-hybridized carbons (Fsp3) is 0.348. The number of fused-ring (bicyclic) bond motifs is 3. The van der Waals surface area contributed by atoms with Crippen molar-refractivity contribution in [1.82, 2.24) is 19.5 Å². The predicted molar refractivity (Wildman–Crippen MR) is 120 cm³/mol. The summed E-state index contributed by atoms with van der Waals surface area (Å²) in [7, 11) is 0. The van der Waals surface area contributed by atoms with Crippen LogP contribution in [-0.2, 0) is 0 Å². The van der Waals surface area contributed by atoms with Crippen LogP contribution in [0.1, 0.15) is 32.7 Å². The standard InChI is InChI=1S/C23H26N6O/c1-15(2)29-12-7-16-3-4-17-13-25-23(27-21(17)22(16)29)26-20-6-5-18(14-24-20)28-10-8-19(30)9-11-28/h3-7,12-15,19,30H,8-11H2,1-2H3,(H,24,25,26,27). The van der Waals surface area contributed by atoms with Crippen molar-refractivity contribution in [3.63, 3.8) is 0 Å². The molecule has 0 amide bonds. The Kier molecular flexibility index (Phi) is 4.75. The molecule has 5 rings (SSSR count). The number of hydrogen-bond acceptors (Lipinski definition) is 6. The summed E-state index contributed by atoms with van der Waals surface area (Å²) in [5.41, 5.74) is 3.14. The molecule has 3 aromatic heterocycles. The smallest absolute Gasteiger partial charge is 0.228 e. The number of piperidine rings is 1. The Morgan fingerprint density at radius 3 is 2.53 bits per heavy atom. The summed E-state index contributed by atoms with van der Waals surface area (Å²) in [5, 5.41) is 15.1. The van der Waals surface area contributed by atoms with E-state index in [4.69, 9.17) is 4.98 Å². The minimum atomic E-state index is -0.177. The van der Waals surface area contributed by atoms with E-state index in [0.717, 1.165) is 48.0 Å². The number of rotatable bonds is 4. The summed E-state index contributed by atoms with van der Waals surface area (Å²) in [6.45, 7) is 6.06. The zero-order valence-corrected chi connectivity index (χ0v) is 17.3. The van der Waals surface area contributed by atoms with Crippen LogP contribution in [0.4, 0.5) is 17.5 Å². The summed E-state index contributed by atoms with van der Waals surface area (Å²) in [4.78, 5) is 16.1. The van der Waals surface area contributed by atoms with Crippen LogP contribution >= 0.6 is 0 Å². The largest absolute Gasteiger partial charge is 0.393 e. The first kappa shape index (κ1) is 18.8. The van der Waals surface area contributed by atoms with Crippen molar-refractivity contribution in [2.75, 3.05) is 23.3 Å². The predicted octanol–water partition coefficient (Wildman–Crippen LogP) is 4.27. The summed E-state index contributed by atoms with van der Waals surface area (Å²) >= 11 is 0.